The highest BCUT2D eigenvalue weighted by Gasteiger charge is 2.17. The molecule has 0 aliphatic heterocycles. The fraction of sp³-hybridized carbons (Fsp3) is 0.312. The van der Waals surface area contributed by atoms with Gasteiger partial charge < -0.3 is 14.6 Å². The molecule has 1 aromatic heterocycles. The van der Waals surface area contributed by atoms with Gasteiger partial charge in [-0.25, -0.2) is 0 Å². The summed E-state index contributed by atoms with van der Waals surface area (Å²) in [7, 11) is 0. The van der Waals surface area contributed by atoms with Crippen molar-refractivity contribution in [2.75, 3.05) is 0 Å². The van der Waals surface area contributed by atoms with Crippen LogP contribution in [0.2, 0.25) is 0 Å². The van der Waals surface area contributed by atoms with Crippen LogP contribution in [0.4, 0.5) is 0 Å². The normalized spacial score (nSPS) is 12.9. The number of hydrogen-bond donors (Lipinski definition) is 1. The molecule has 5 nitrogen and oxygen atoms in total. The number of ether oxygens (including phenoxy) is 1. The first-order valence-corrected chi connectivity index (χ1v) is 12.9. The van der Waals surface area contributed by atoms with Gasteiger partial charge >= 0.3 is 0 Å². The summed E-state index contributed by atoms with van der Waals surface area (Å²) in [6, 6.07) is 22.1. The molecule has 0 saturated heterocycles. The Hall–Kier alpha value is -3.86. The molecule has 1 amide bonds. The number of hydrogen-bond acceptors (Lipinski definition) is 3. The molecule has 0 unspecified atom stereocenters. The third-order valence-electron chi connectivity index (χ3n) is 7.08. The Kier molecular flexibility index (Phi) is 7.82. The van der Waals surface area contributed by atoms with Crippen molar-refractivity contribution in [1.82, 2.24) is 9.88 Å². The number of nitrogens with one attached hydrogen (secondary N) is 1. The Balaban J connectivity index is 1.57. The van der Waals surface area contributed by atoms with Gasteiger partial charge in [0, 0.05) is 28.7 Å². The minimum absolute atomic E-state index is 0.0803. The zero-order valence-electron chi connectivity index (χ0n) is 22.5. The number of amides is 1. The Morgan fingerprint density at radius 2 is 1.68 bits per heavy atom. The molecule has 0 aliphatic rings. The number of carbonyl (C=O) groups is 2. The molecule has 4 aromatic rings. The number of fused-ring (bicyclic) bond motifs is 1. The third kappa shape index (κ3) is 5.77. The number of aldehydes is 1. The lowest BCUT2D eigenvalue weighted by molar-refractivity contribution is -0.113. The lowest BCUT2D eigenvalue weighted by Crippen LogP contribution is -2.26. The van der Waals surface area contributed by atoms with Crippen LogP contribution in [0.1, 0.15) is 78.0 Å². The van der Waals surface area contributed by atoms with Crippen LogP contribution in [0.5, 0.6) is 5.75 Å². The van der Waals surface area contributed by atoms with Crippen molar-refractivity contribution in [1.29, 1.82) is 0 Å². The van der Waals surface area contributed by atoms with Gasteiger partial charge in [-0.05, 0) is 86.2 Å². The molecule has 0 bridgehead atoms. The summed E-state index contributed by atoms with van der Waals surface area (Å²) in [6.07, 6.45) is 0.301. The first-order chi connectivity index (χ1) is 17.7. The average molecular weight is 497 g/mol. The molecule has 0 saturated carbocycles. The minimum atomic E-state index is -0.488. The predicted molar refractivity (Wildman–Crippen MR) is 150 cm³/mol. The van der Waals surface area contributed by atoms with E-state index in [1.807, 2.05) is 43.3 Å². The molecular formula is C32H36N2O3. The first kappa shape index (κ1) is 26.2. The van der Waals surface area contributed by atoms with E-state index in [1.54, 1.807) is 6.92 Å². The van der Waals surface area contributed by atoms with Gasteiger partial charge in [-0.3, -0.25) is 9.59 Å². The Bertz CT molecular complexity index is 1430. The van der Waals surface area contributed by atoms with Crippen molar-refractivity contribution in [2.45, 2.75) is 66.2 Å². The Morgan fingerprint density at radius 1 is 0.946 bits per heavy atom. The van der Waals surface area contributed by atoms with Crippen LogP contribution in [0.15, 0.2) is 66.7 Å². The molecule has 5 heteroatoms. The van der Waals surface area contributed by atoms with Crippen LogP contribution in [0.3, 0.4) is 0 Å². The molecular weight excluding hydrogens is 460 g/mol. The van der Waals surface area contributed by atoms with Crippen molar-refractivity contribution in [2.24, 2.45) is 0 Å². The lowest BCUT2D eigenvalue weighted by Gasteiger charge is -2.16. The smallest absolute Gasteiger partial charge is 0.251 e. The molecule has 1 N–H and O–H groups in total. The highest BCUT2D eigenvalue weighted by molar-refractivity contribution is 5.99. The van der Waals surface area contributed by atoms with Crippen molar-refractivity contribution in [3.63, 3.8) is 0 Å². The molecule has 1 heterocycles. The summed E-state index contributed by atoms with van der Waals surface area (Å²) >= 11 is 0. The highest BCUT2D eigenvalue weighted by Crippen LogP contribution is 2.28. The van der Waals surface area contributed by atoms with E-state index < -0.39 is 6.10 Å². The summed E-state index contributed by atoms with van der Waals surface area (Å²) < 4.78 is 7.93. The van der Waals surface area contributed by atoms with Crippen LogP contribution >= 0.6 is 0 Å². The quantitative estimate of drug-likeness (QED) is 0.257. The topological polar surface area (TPSA) is 60.3 Å². The van der Waals surface area contributed by atoms with Crippen LogP contribution < -0.4 is 10.1 Å². The Labute approximate surface area is 219 Å². The van der Waals surface area contributed by atoms with E-state index in [-0.39, 0.29) is 11.9 Å². The summed E-state index contributed by atoms with van der Waals surface area (Å²) in [4.78, 5) is 24.1. The van der Waals surface area contributed by atoms with Gasteiger partial charge in [-0.2, -0.15) is 0 Å². The molecule has 2 atom stereocenters. The lowest BCUT2D eigenvalue weighted by atomic mass is 9.98. The molecule has 0 spiro atoms. The van der Waals surface area contributed by atoms with E-state index in [4.69, 9.17) is 4.74 Å². The van der Waals surface area contributed by atoms with Crippen LogP contribution in [0, 0.1) is 13.8 Å². The molecule has 0 aliphatic carbocycles. The molecule has 3 aromatic carbocycles. The van der Waals surface area contributed by atoms with Crippen molar-refractivity contribution >= 4 is 23.1 Å². The van der Waals surface area contributed by atoms with Gasteiger partial charge in [0.15, 0.2) is 12.4 Å². The van der Waals surface area contributed by atoms with Crippen LogP contribution in [-0.2, 0) is 11.3 Å². The SMILES string of the molecule is Cc1c(C)n(Cc2cccc(O[C@@H](C)C=O)c2)c2ccc(C(=O)N[C@@H](C)c3cccc(C(C)C)c3)cc12. The van der Waals surface area contributed by atoms with Crippen molar-refractivity contribution in [3.05, 3.63) is 100 Å². The van der Waals surface area contributed by atoms with Crippen LogP contribution in [0.25, 0.3) is 10.9 Å². The van der Waals surface area contributed by atoms with E-state index in [2.05, 4.69) is 67.9 Å². The number of carbonyl (C=O) groups excluding carboxylic acids is 2. The number of rotatable bonds is 9. The van der Waals surface area contributed by atoms with Gasteiger partial charge in [0.05, 0.1) is 6.04 Å². The second-order valence-corrected chi connectivity index (χ2v) is 10.2. The Morgan fingerprint density at radius 3 is 2.41 bits per heavy atom. The molecule has 0 fully saturated rings. The number of aryl methyl sites for hydroxylation is 1. The molecule has 0 radical (unpaired) electrons. The standard InChI is InChI=1S/C32H36N2O3/c1-20(2)26-10-8-11-27(16-26)23(5)33-32(36)28-13-14-31-30(17-28)22(4)24(6)34(31)18-25-9-7-12-29(15-25)37-21(3)19-35/h7-17,19-21,23H,18H2,1-6H3,(H,33,36)/t21-,23-/m0/s1. The summed E-state index contributed by atoms with van der Waals surface area (Å²) in [5.74, 6) is 1.04. The first-order valence-electron chi connectivity index (χ1n) is 12.9. The average Bonchev–Trinajstić information content (AvgIpc) is 3.13. The highest BCUT2D eigenvalue weighted by atomic mass is 16.5. The summed E-state index contributed by atoms with van der Waals surface area (Å²) in [5.41, 5.74) is 7.49. The zero-order chi connectivity index (χ0) is 26.7. The van der Waals surface area contributed by atoms with Gasteiger partial charge in [-0.1, -0.05) is 50.2 Å². The fourth-order valence-corrected chi connectivity index (χ4v) is 4.69. The van der Waals surface area contributed by atoms with Gasteiger partial charge in [0.2, 0.25) is 0 Å². The zero-order valence-corrected chi connectivity index (χ0v) is 22.5. The fourth-order valence-electron chi connectivity index (χ4n) is 4.69. The van der Waals surface area contributed by atoms with Crippen molar-refractivity contribution in [3.8, 4) is 5.75 Å². The largest absolute Gasteiger partial charge is 0.483 e. The number of aromatic nitrogens is 1. The molecule has 37 heavy (non-hydrogen) atoms. The maximum atomic E-state index is 13.2. The van der Waals surface area contributed by atoms with E-state index >= 15 is 0 Å². The second-order valence-electron chi connectivity index (χ2n) is 10.2. The van der Waals surface area contributed by atoms with E-state index in [0.717, 1.165) is 39.6 Å². The third-order valence-corrected chi connectivity index (χ3v) is 7.08. The number of nitrogens with zero attached hydrogens (tertiary/aromatic N) is 1. The molecule has 4 rings (SSSR count). The summed E-state index contributed by atoms with van der Waals surface area (Å²) in [6.45, 7) is 13.0. The maximum Gasteiger partial charge on any atom is 0.251 e. The monoisotopic (exact) mass is 496 g/mol. The number of benzene rings is 3. The van der Waals surface area contributed by atoms with Crippen molar-refractivity contribution < 1.29 is 14.3 Å². The predicted octanol–water partition coefficient (Wildman–Crippen LogP) is 6.89. The van der Waals surface area contributed by atoms with Gasteiger partial charge in [0.1, 0.15) is 5.75 Å². The van der Waals surface area contributed by atoms with Gasteiger partial charge in [-0.15, -0.1) is 0 Å². The summed E-state index contributed by atoms with van der Waals surface area (Å²) in [5, 5.41) is 4.24. The van der Waals surface area contributed by atoms with E-state index in [9.17, 15) is 9.59 Å². The maximum absolute atomic E-state index is 13.2. The second kappa shape index (κ2) is 11.0. The van der Waals surface area contributed by atoms with Gasteiger partial charge in [0.25, 0.3) is 5.91 Å². The molecule has 192 valence electrons. The minimum Gasteiger partial charge on any atom is -0.483 e. The van der Waals surface area contributed by atoms with E-state index in [1.165, 1.54) is 5.56 Å². The van der Waals surface area contributed by atoms with E-state index in [0.29, 0.717) is 23.8 Å². The van der Waals surface area contributed by atoms with Crippen LogP contribution in [-0.4, -0.2) is 22.9 Å².